The first kappa shape index (κ1) is 32.0. The summed E-state index contributed by atoms with van der Waals surface area (Å²) < 4.78 is 0. The molecule has 1 heteroatoms. The Balaban J connectivity index is 1.05. The summed E-state index contributed by atoms with van der Waals surface area (Å²) in [6.07, 6.45) is 0. The SMILES string of the molecule is CC1(C)c2ccccc2-c2ccc(N(c3ccc(-c4cccc(-c5cccc6ccccc56)c4)cc3)c3ccc(-c4ccc5ccccc5c4)cc3)cc21. The van der Waals surface area contributed by atoms with Gasteiger partial charge in [-0.1, -0.05) is 166 Å². The van der Waals surface area contributed by atoms with E-state index in [0.29, 0.717) is 0 Å². The van der Waals surface area contributed by atoms with Crippen LogP contribution in [0.15, 0.2) is 200 Å². The van der Waals surface area contributed by atoms with Crippen molar-refractivity contribution >= 4 is 38.6 Å². The topological polar surface area (TPSA) is 3.24 Å². The van der Waals surface area contributed by atoms with Gasteiger partial charge in [-0.3, -0.25) is 0 Å². The van der Waals surface area contributed by atoms with Crippen LogP contribution >= 0.6 is 0 Å². The molecule has 10 rings (SSSR count). The minimum atomic E-state index is -0.0908. The van der Waals surface area contributed by atoms with Crippen LogP contribution in [-0.4, -0.2) is 0 Å². The molecule has 0 saturated heterocycles. The highest BCUT2D eigenvalue weighted by atomic mass is 15.1. The first-order chi connectivity index (χ1) is 26.5. The summed E-state index contributed by atoms with van der Waals surface area (Å²) in [6, 6.07) is 73.4. The molecule has 0 N–H and O–H groups in total. The molecule has 54 heavy (non-hydrogen) atoms. The third-order valence-corrected chi connectivity index (χ3v) is 11.5. The van der Waals surface area contributed by atoms with Crippen molar-refractivity contribution in [2.45, 2.75) is 19.3 Å². The first-order valence-electron chi connectivity index (χ1n) is 18.8. The second-order valence-corrected chi connectivity index (χ2v) is 15.0. The molecule has 1 aliphatic rings. The summed E-state index contributed by atoms with van der Waals surface area (Å²) in [5.74, 6) is 0. The Bertz CT molecular complexity index is 2840. The van der Waals surface area contributed by atoms with E-state index in [0.717, 1.165) is 17.1 Å². The van der Waals surface area contributed by atoms with Gasteiger partial charge in [0.2, 0.25) is 0 Å². The molecule has 9 aromatic carbocycles. The molecular formula is C53H39N. The van der Waals surface area contributed by atoms with Gasteiger partial charge in [0.25, 0.3) is 0 Å². The molecule has 9 aromatic rings. The van der Waals surface area contributed by atoms with E-state index in [9.17, 15) is 0 Å². The van der Waals surface area contributed by atoms with E-state index in [1.807, 2.05) is 0 Å². The maximum Gasteiger partial charge on any atom is 0.0465 e. The Morgan fingerprint density at radius 3 is 1.63 bits per heavy atom. The van der Waals surface area contributed by atoms with Gasteiger partial charge in [-0.25, -0.2) is 0 Å². The number of anilines is 3. The molecule has 0 bridgehead atoms. The van der Waals surface area contributed by atoms with Crippen LogP contribution in [0.2, 0.25) is 0 Å². The fourth-order valence-corrected chi connectivity index (χ4v) is 8.60. The van der Waals surface area contributed by atoms with Crippen LogP contribution in [0, 0.1) is 0 Å². The largest absolute Gasteiger partial charge is 0.310 e. The highest BCUT2D eigenvalue weighted by Crippen LogP contribution is 2.50. The molecule has 0 fully saturated rings. The summed E-state index contributed by atoms with van der Waals surface area (Å²) >= 11 is 0. The molecule has 0 aliphatic heterocycles. The molecule has 0 spiro atoms. The lowest BCUT2D eigenvalue weighted by atomic mass is 9.82. The highest BCUT2D eigenvalue weighted by Gasteiger charge is 2.35. The lowest BCUT2D eigenvalue weighted by Crippen LogP contribution is -2.16. The summed E-state index contributed by atoms with van der Waals surface area (Å²) in [6.45, 7) is 4.70. The van der Waals surface area contributed by atoms with E-state index in [4.69, 9.17) is 0 Å². The molecule has 0 heterocycles. The van der Waals surface area contributed by atoms with Crippen LogP contribution in [0.4, 0.5) is 17.1 Å². The maximum absolute atomic E-state index is 2.41. The Hall–Kier alpha value is -6.70. The Morgan fingerprint density at radius 1 is 0.315 bits per heavy atom. The minimum Gasteiger partial charge on any atom is -0.310 e. The van der Waals surface area contributed by atoms with Gasteiger partial charge in [0.1, 0.15) is 0 Å². The molecule has 0 amide bonds. The minimum absolute atomic E-state index is 0.0908. The van der Waals surface area contributed by atoms with E-state index < -0.39 is 0 Å². The number of rotatable bonds is 6. The predicted molar refractivity (Wildman–Crippen MR) is 230 cm³/mol. The third kappa shape index (κ3) is 5.40. The zero-order valence-corrected chi connectivity index (χ0v) is 30.5. The third-order valence-electron chi connectivity index (χ3n) is 11.5. The average molecular weight is 690 g/mol. The highest BCUT2D eigenvalue weighted by molar-refractivity contribution is 5.97. The Labute approximate surface area is 317 Å². The normalized spacial score (nSPS) is 12.8. The van der Waals surface area contributed by atoms with Crippen LogP contribution in [0.3, 0.4) is 0 Å². The molecule has 0 atom stereocenters. The van der Waals surface area contributed by atoms with Gasteiger partial charge < -0.3 is 4.90 Å². The molecule has 0 radical (unpaired) electrons. The van der Waals surface area contributed by atoms with Gasteiger partial charge in [0.15, 0.2) is 0 Å². The van der Waals surface area contributed by atoms with Crippen LogP contribution in [-0.2, 0) is 5.41 Å². The van der Waals surface area contributed by atoms with Crippen LogP contribution in [0.5, 0.6) is 0 Å². The van der Waals surface area contributed by atoms with Gasteiger partial charge in [0, 0.05) is 22.5 Å². The first-order valence-corrected chi connectivity index (χ1v) is 18.8. The molecular weight excluding hydrogens is 651 g/mol. The number of nitrogens with zero attached hydrogens (tertiary/aromatic N) is 1. The standard InChI is InChI=1S/C53H39N/c1-53(2)51-20-8-7-18-49(51)50-32-31-46(35-52(50)53)54(45-29-25-38(26-30-45)42-22-21-36-11-3-4-13-40(36)33-42)44-27-23-37(24-28-44)41-15-9-16-43(34-41)48-19-10-14-39-12-5-6-17-47(39)48/h3-35H,1-2H3. The van der Waals surface area contributed by atoms with Crippen LogP contribution in [0.25, 0.3) is 66.1 Å². The second kappa shape index (κ2) is 12.8. The van der Waals surface area contributed by atoms with E-state index in [1.54, 1.807) is 0 Å². The van der Waals surface area contributed by atoms with Crippen LogP contribution in [0.1, 0.15) is 25.0 Å². The lowest BCUT2D eigenvalue weighted by molar-refractivity contribution is 0.660. The van der Waals surface area contributed by atoms with Gasteiger partial charge >= 0.3 is 0 Å². The van der Waals surface area contributed by atoms with Gasteiger partial charge in [0.05, 0.1) is 0 Å². The fourth-order valence-electron chi connectivity index (χ4n) is 8.60. The molecule has 1 nitrogen and oxygen atoms in total. The molecule has 0 saturated carbocycles. The summed E-state index contributed by atoms with van der Waals surface area (Å²) in [4.78, 5) is 2.40. The molecule has 1 aliphatic carbocycles. The van der Waals surface area contributed by atoms with Crippen molar-refractivity contribution < 1.29 is 0 Å². The van der Waals surface area contributed by atoms with E-state index in [-0.39, 0.29) is 5.41 Å². The van der Waals surface area contributed by atoms with E-state index >= 15 is 0 Å². The molecule has 0 unspecified atom stereocenters. The fraction of sp³-hybridized carbons (Fsp3) is 0.0566. The number of fused-ring (bicyclic) bond motifs is 5. The van der Waals surface area contributed by atoms with Crippen molar-refractivity contribution in [2.75, 3.05) is 4.90 Å². The predicted octanol–water partition coefficient (Wildman–Crippen LogP) is 14.8. The van der Waals surface area contributed by atoms with Crippen molar-refractivity contribution in [3.05, 3.63) is 211 Å². The van der Waals surface area contributed by atoms with E-state index in [1.165, 1.54) is 77.2 Å². The smallest absolute Gasteiger partial charge is 0.0465 e. The van der Waals surface area contributed by atoms with Crippen molar-refractivity contribution in [1.29, 1.82) is 0 Å². The Morgan fingerprint density at radius 2 is 0.852 bits per heavy atom. The number of hydrogen-bond acceptors (Lipinski definition) is 1. The zero-order valence-electron chi connectivity index (χ0n) is 30.5. The monoisotopic (exact) mass is 689 g/mol. The van der Waals surface area contributed by atoms with Crippen molar-refractivity contribution in [3.63, 3.8) is 0 Å². The van der Waals surface area contributed by atoms with Gasteiger partial charge in [-0.15, -0.1) is 0 Å². The van der Waals surface area contributed by atoms with Crippen molar-refractivity contribution in [3.8, 4) is 44.5 Å². The lowest BCUT2D eigenvalue weighted by Gasteiger charge is -2.28. The average Bonchev–Trinajstić information content (AvgIpc) is 3.46. The second-order valence-electron chi connectivity index (χ2n) is 15.0. The van der Waals surface area contributed by atoms with Gasteiger partial charge in [-0.2, -0.15) is 0 Å². The number of hydrogen-bond donors (Lipinski definition) is 0. The molecule has 0 aromatic heterocycles. The summed E-state index contributed by atoms with van der Waals surface area (Å²) in [5.41, 5.74) is 16.0. The summed E-state index contributed by atoms with van der Waals surface area (Å²) in [5, 5.41) is 5.05. The summed E-state index contributed by atoms with van der Waals surface area (Å²) in [7, 11) is 0. The van der Waals surface area contributed by atoms with Crippen molar-refractivity contribution in [1.82, 2.24) is 0 Å². The quantitative estimate of drug-likeness (QED) is 0.168. The van der Waals surface area contributed by atoms with E-state index in [2.05, 4.69) is 219 Å². The number of benzene rings is 9. The van der Waals surface area contributed by atoms with Crippen LogP contribution < -0.4 is 4.90 Å². The van der Waals surface area contributed by atoms with Gasteiger partial charge in [-0.05, 0) is 126 Å². The Kier molecular flexibility index (Phi) is 7.56. The zero-order chi connectivity index (χ0) is 36.2. The van der Waals surface area contributed by atoms with Crippen molar-refractivity contribution in [2.24, 2.45) is 0 Å². The maximum atomic E-state index is 2.41. The molecule has 256 valence electrons.